The Morgan fingerprint density at radius 2 is 1.85 bits per heavy atom. The zero-order valence-corrected chi connectivity index (χ0v) is 17.6. The minimum Gasteiger partial charge on any atom is -0.494 e. The van der Waals surface area contributed by atoms with Crippen LogP contribution in [0.4, 0.5) is 11.6 Å². The van der Waals surface area contributed by atoms with Crippen molar-refractivity contribution < 1.29 is 24.0 Å². The van der Waals surface area contributed by atoms with Gasteiger partial charge in [0, 0.05) is 17.7 Å². The second-order valence-electron chi connectivity index (χ2n) is 6.89. The lowest BCUT2D eigenvalue weighted by Gasteiger charge is -2.28. The summed E-state index contributed by atoms with van der Waals surface area (Å²) < 4.78 is 11.7. The minimum absolute atomic E-state index is 0.0275. The highest BCUT2D eigenvalue weighted by atomic mass is 16.6. The van der Waals surface area contributed by atoms with Gasteiger partial charge in [-0.1, -0.05) is 17.2 Å². The van der Waals surface area contributed by atoms with Gasteiger partial charge in [-0.15, -0.1) is 0 Å². The number of hydrogen-bond acceptors (Lipinski definition) is 10. The average Bonchev–Trinajstić information content (AvgIpc) is 3.31. The van der Waals surface area contributed by atoms with E-state index in [1.807, 2.05) is 6.92 Å². The number of nitrogens with zero attached hydrogens (tertiary/aromatic N) is 5. The van der Waals surface area contributed by atoms with Crippen molar-refractivity contribution in [3.05, 3.63) is 81.0 Å². The maximum absolute atomic E-state index is 13.6. The van der Waals surface area contributed by atoms with Crippen LogP contribution in [0.25, 0.3) is 0 Å². The predicted octanol–water partition coefficient (Wildman–Crippen LogP) is 2.30. The second-order valence-corrected chi connectivity index (χ2v) is 6.89. The maximum Gasteiger partial charge on any atom is 0.355 e. The van der Waals surface area contributed by atoms with Gasteiger partial charge in [0.15, 0.2) is 5.78 Å². The van der Waals surface area contributed by atoms with Crippen molar-refractivity contribution in [2.45, 2.75) is 13.0 Å². The Labute approximate surface area is 187 Å². The van der Waals surface area contributed by atoms with Gasteiger partial charge in [0.25, 0.3) is 5.69 Å². The standard InChI is InChI=1S/C21H18N6O6/c1-3-33-15-10-6-12(7-11-15)18-16(19(28)13-4-8-14(9-5-13)27(30)31)17(20(29)32-2)22-21-23-24-25-26(18)21/h4-11,18H,3H2,1-2H3,(H,22,23,25)/t18-/m0/s1. The highest BCUT2D eigenvalue weighted by Crippen LogP contribution is 2.37. The molecule has 0 saturated carbocycles. The molecule has 0 fully saturated rings. The number of aromatic nitrogens is 4. The zero-order valence-electron chi connectivity index (χ0n) is 17.6. The van der Waals surface area contributed by atoms with E-state index < -0.39 is 22.7 Å². The number of ketones is 1. The molecule has 1 aliphatic heterocycles. The van der Waals surface area contributed by atoms with Crippen molar-refractivity contribution >= 4 is 23.4 Å². The molecule has 2 aromatic carbocycles. The van der Waals surface area contributed by atoms with Crippen LogP contribution in [0.1, 0.15) is 28.9 Å². The van der Waals surface area contributed by atoms with Gasteiger partial charge in [0.1, 0.15) is 17.5 Å². The summed E-state index contributed by atoms with van der Waals surface area (Å²) in [6.45, 7) is 2.35. The van der Waals surface area contributed by atoms with Crippen molar-refractivity contribution in [1.82, 2.24) is 20.2 Å². The molecule has 1 aliphatic rings. The number of ether oxygens (including phenoxy) is 2. The largest absolute Gasteiger partial charge is 0.494 e. The summed E-state index contributed by atoms with van der Waals surface area (Å²) in [6.07, 6.45) is 0. The summed E-state index contributed by atoms with van der Waals surface area (Å²) >= 11 is 0. The van der Waals surface area contributed by atoms with Crippen LogP contribution in [0.5, 0.6) is 5.75 Å². The molecule has 168 valence electrons. The summed E-state index contributed by atoms with van der Waals surface area (Å²) in [6, 6.07) is 11.2. The molecule has 0 saturated heterocycles. The molecule has 0 aliphatic carbocycles. The molecule has 0 radical (unpaired) electrons. The lowest BCUT2D eigenvalue weighted by Crippen LogP contribution is -2.32. The van der Waals surface area contributed by atoms with Gasteiger partial charge in [0.05, 0.1) is 24.2 Å². The van der Waals surface area contributed by atoms with Gasteiger partial charge >= 0.3 is 5.97 Å². The molecular formula is C21H18N6O6. The number of anilines is 1. The number of non-ortho nitro benzene ring substituents is 1. The molecule has 0 amide bonds. The molecule has 33 heavy (non-hydrogen) atoms. The fourth-order valence-corrected chi connectivity index (χ4v) is 3.50. The zero-order chi connectivity index (χ0) is 23.5. The normalized spacial score (nSPS) is 14.8. The molecule has 3 aromatic rings. The number of rotatable bonds is 7. The first-order chi connectivity index (χ1) is 15.9. The van der Waals surface area contributed by atoms with E-state index in [1.54, 1.807) is 24.3 Å². The minimum atomic E-state index is -0.872. The van der Waals surface area contributed by atoms with Crippen molar-refractivity contribution in [2.24, 2.45) is 0 Å². The third kappa shape index (κ3) is 4.01. The number of esters is 1. The number of hydrogen-bond donors (Lipinski definition) is 1. The van der Waals surface area contributed by atoms with E-state index in [2.05, 4.69) is 20.8 Å². The Kier molecular flexibility index (Phi) is 5.81. The van der Waals surface area contributed by atoms with Crippen LogP contribution in [0.3, 0.4) is 0 Å². The van der Waals surface area contributed by atoms with E-state index in [9.17, 15) is 19.7 Å². The summed E-state index contributed by atoms with van der Waals surface area (Å²) in [5.41, 5.74) is 0.495. The lowest BCUT2D eigenvalue weighted by atomic mass is 9.89. The quantitative estimate of drug-likeness (QED) is 0.246. The number of fused-ring (bicyclic) bond motifs is 1. The van der Waals surface area contributed by atoms with E-state index >= 15 is 0 Å². The first-order valence-corrected chi connectivity index (χ1v) is 9.83. The van der Waals surface area contributed by atoms with Crippen LogP contribution in [0.2, 0.25) is 0 Å². The first-order valence-electron chi connectivity index (χ1n) is 9.83. The molecule has 1 aromatic heterocycles. The number of carbonyl (C=O) groups is 2. The molecular weight excluding hydrogens is 432 g/mol. The van der Waals surface area contributed by atoms with Crippen LogP contribution in [-0.2, 0) is 9.53 Å². The van der Waals surface area contributed by atoms with E-state index in [0.29, 0.717) is 17.9 Å². The molecule has 1 N–H and O–H groups in total. The van der Waals surface area contributed by atoms with E-state index in [-0.39, 0.29) is 28.5 Å². The van der Waals surface area contributed by atoms with Gasteiger partial charge in [-0.25, -0.2) is 4.79 Å². The smallest absolute Gasteiger partial charge is 0.355 e. The van der Waals surface area contributed by atoms with E-state index in [0.717, 1.165) is 0 Å². The molecule has 1 atom stereocenters. The third-order valence-corrected chi connectivity index (χ3v) is 5.00. The number of nitro benzene ring substituents is 1. The molecule has 0 unspecified atom stereocenters. The number of nitrogens with one attached hydrogen (secondary N) is 1. The monoisotopic (exact) mass is 450 g/mol. The topological polar surface area (TPSA) is 151 Å². The number of tetrazole rings is 1. The Morgan fingerprint density at radius 1 is 1.15 bits per heavy atom. The molecule has 2 heterocycles. The van der Waals surface area contributed by atoms with E-state index in [1.165, 1.54) is 36.1 Å². The number of methoxy groups -OCH3 is 1. The second kappa shape index (κ2) is 8.86. The molecule has 0 spiro atoms. The Balaban J connectivity index is 1.87. The van der Waals surface area contributed by atoms with Gasteiger partial charge in [0.2, 0.25) is 5.95 Å². The number of carbonyl (C=O) groups excluding carboxylic acids is 2. The van der Waals surface area contributed by atoms with Gasteiger partial charge in [-0.3, -0.25) is 14.9 Å². The predicted molar refractivity (Wildman–Crippen MR) is 114 cm³/mol. The fourth-order valence-electron chi connectivity index (χ4n) is 3.50. The van der Waals surface area contributed by atoms with Crippen LogP contribution in [0.15, 0.2) is 59.8 Å². The number of Topliss-reactive ketones (excluding diaryl/α,β-unsaturated/α-hetero) is 1. The molecule has 12 nitrogen and oxygen atoms in total. The van der Waals surface area contributed by atoms with Crippen molar-refractivity contribution in [3.8, 4) is 5.75 Å². The summed E-state index contributed by atoms with van der Waals surface area (Å²) in [5, 5.41) is 25.3. The molecule has 0 bridgehead atoms. The van der Waals surface area contributed by atoms with Crippen molar-refractivity contribution in [3.63, 3.8) is 0 Å². The highest BCUT2D eigenvalue weighted by Gasteiger charge is 2.38. The number of nitro groups is 1. The van der Waals surface area contributed by atoms with E-state index in [4.69, 9.17) is 9.47 Å². The Morgan fingerprint density at radius 3 is 2.45 bits per heavy atom. The highest BCUT2D eigenvalue weighted by molar-refractivity contribution is 6.15. The molecule has 12 heteroatoms. The van der Waals surface area contributed by atoms with Crippen LogP contribution >= 0.6 is 0 Å². The van der Waals surface area contributed by atoms with Gasteiger partial charge < -0.3 is 14.8 Å². The van der Waals surface area contributed by atoms with Crippen molar-refractivity contribution in [2.75, 3.05) is 19.0 Å². The maximum atomic E-state index is 13.6. The summed E-state index contributed by atoms with van der Waals surface area (Å²) in [5.74, 6) is -0.551. The van der Waals surface area contributed by atoms with Crippen molar-refractivity contribution in [1.29, 1.82) is 0 Å². The fraction of sp³-hybridized carbons (Fsp3) is 0.190. The third-order valence-electron chi connectivity index (χ3n) is 5.00. The Hall–Kier alpha value is -4.61. The number of benzene rings is 2. The average molecular weight is 450 g/mol. The summed E-state index contributed by atoms with van der Waals surface area (Å²) in [7, 11) is 1.19. The van der Waals surface area contributed by atoms with Crippen LogP contribution in [0, 0.1) is 10.1 Å². The van der Waals surface area contributed by atoms with Crippen LogP contribution < -0.4 is 10.1 Å². The first kappa shape index (κ1) is 21.6. The Bertz CT molecular complexity index is 1250. The lowest BCUT2D eigenvalue weighted by molar-refractivity contribution is -0.384. The molecule has 4 rings (SSSR count). The summed E-state index contributed by atoms with van der Waals surface area (Å²) in [4.78, 5) is 36.7. The van der Waals surface area contributed by atoms with Gasteiger partial charge in [-0.05, 0) is 47.2 Å². The SMILES string of the molecule is CCOc1ccc([C@H]2C(C(=O)c3ccc([N+](=O)[O-])cc3)=C(C(=O)OC)Nc3nnnn32)cc1. The van der Waals surface area contributed by atoms with Crippen LogP contribution in [-0.4, -0.2) is 50.6 Å². The number of allylic oxidation sites excluding steroid dienone is 1. The van der Waals surface area contributed by atoms with Gasteiger partial charge in [-0.2, -0.15) is 4.68 Å².